The summed E-state index contributed by atoms with van der Waals surface area (Å²) in [5, 5.41) is 3.44. The summed E-state index contributed by atoms with van der Waals surface area (Å²) < 4.78 is 16.4. The number of hydrogen-bond acceptors (Lipinski definition) is 4. The summed E-state index contributed by atoms with van der Waals surface area (Å²) in [7, 11) is 3.73. The van der Waals surface area contributed by atoms with E-state index in [9.17, 15) is 0 Å². The third kappa shape index (κ3) is 5.78. The van der Waals surface area contributed by atoms with E-state index in [0.717, 1.165) is 19.6 Å². The van der Waals surface area contributed by atoms with Gasteiger partial charge in [0.05, 0.1) is 19.3 Å². The lowest BCUT2D eigenvalue weighted by Gasteiger charge is -2.43. The quantitative estimate of drug-likeness (QED) is 0.654. The van der Waals surface area contributed by atoms with Crippen molar-refractivity contribution < 1.29 is 14.2 Å². The van der Waals surface area contributed by atoms with Gasteiger partial charge in [-0.2, -0.15) is 0 Å². The summed E-state index contributed by atoms with van der Waals surface area (Å²) in [6.07, 6.45) is 5.00. The number of rotatable bonds is 9. The van der Waals surface area contributed by atoms with Crippen LogP contribution in [0, 0.1) is 5.41 Å². The number of likely N-dealkylation sites (N-methyl/N-ethyl adjacent to an activating group) is 1. The lowest BCUT2D eigenvalue weighted by atomic mass is 9.72. The van der Waals surface area contributed by atoms with E-state index in [0.29, 0.717) is 30.8 Å². The average Bonchev–Trinajstić information content (AvgIpc) is 2.37. The second-order valence-electron chi connectivity index (χ2n) is 6.02. The third-order valence-corrected chi connectivity index (χ3v) is 4.03. The molecule has 0 aromatic carbocycles. The molecular formula is C15H31NO3. The molecule has 4 nitrogen and oxygen atoms in total. The highest BCUT2D eigenvalue weighted by molar-refractivity contribution is 4.93. The van der Waals surface area contributed by atoms with E-state index in [-0.39, 0.29) is 0 Å². The Hall–Kier alpha value is -0.160. The molecule has 2 atom stereocenters. The monoisotopic (exact) mass is 273 g/mol. The number of methoxy groups -OCH3 is 1. The van der Waals surface area contributed by atoms with Crippen molar-refractivity contribution in [3.63, 3.8) is 0 Å². The van der Waals surface area contributed by atoms with E-state index in [4.69, 9.17) is 14.2 Å². The molecule has 1 fully saturated rings. The Balaban J connectivity index is 2.17. The smallest absolute Gasteiger partial charge is 0.0733 e. The first-order chi connectivity index (χ1) is 9.11. The molecule has 0 bridgehead atoms. The molecule has 0 aromatic heterocycles. The summed E-state index contributed by atoms with van der Waals surface area (Å²) in [6, 6.07) is 0.454. The number of ether oxygens (including phenoxy) is 3. The van der Waals surface area contributed by atoms with Crippen molar-refractivity contribution in [1.29, 1.82) is 0 Å². The molecule has 0 spiro atoms. The molecule has 1 aliphatic rings. The minimum atomic E-state index is 0.326. The fraction of sp³-hybridized carbons (Fsp3) is 1.00. The molecule has 0 aromatic rings. The summed E-state index contributed by atoms with van der Waals surface area (Å²) >= 11 is 0. The second-order valence-corrected chi connectivity index (χ2v) is 6.02. The lowest BCUT2D eigenvalue weighted by molar-refractivity contribution is -0.0419. The second kappa shape index (κ2) is 8.90. The third-order valence-electron chi connectivity index (χ3n) is 4.03. The molecule has 114 valence electrons. The Kier molecular flexibility index (Phi) is 7.91. The first kappa shape index (κ1) is 16.9. The van der Waals surface area contributed by atoms with Crippen molar-refractivity contribution in [2.75, 3.05) is 40.6 Å². The van der Waals surface area contributed by atoms with Crippen LogP contribution in [-0.4, -0.2) is 52.7 Å². The maximum Gasteiger partial charge on any atom is 0.0733 e. The standard InChI is InChI=1S/C15H31NO3/c1-15(2)8-5-7-13(14(15)16-3)19-10-6-9-18-12-11-17-4/h13-14,16H,5-12H2,1-4H3. The van der Waals surface area contributed by atoms with E-state index in [1.807, 2.05) is 7.05 Å². The van der Waals surface area contributed by atoms with Gasteiger partial charge in [0, 0.05) is 26.4 Å². The maximum atomic E-state index is 6.05. The molecule has 2 unspecified atom stereocenters. The molecular weight excluding hydrogens is 242 g/mol. The molecule has 1 rings (SSSR count). The fourth-order valence-electron chi connectivity index (χ4n) is 2.98. The zero-order valence-electron chi connectivity index (χ0n) is 13.0. The van der Waals surface area contributed by atoms with Crippen LogP contribution in [0.15, 0.2) is 0 Å². The zero-order valence-corrected chi connectivity index (χ0v) is 13.0. The minimum absolute atomic E-state index is 0.326. The van der Waals surface area contributed by atoms with Gasteiger partial charge >= 0.3 is 0 Å². The van der Waals surface area contributed by atoms with Gasteiger partial charge < -0.3 is 19.5 Å². The van der Waals surface area contributed by atoms with Crippen molar-refractivity contribution in [2.45, 2.75) is 51.7 Å². The molecule has 0 heterocycles. The Morgan fingerprint density at radius 3 is 2.63 bits per heavy atom. The van der Waals surface area contributed by atoms with Gasteiger partial charge in [-0.25, -0.2) is 0 Å². The van der Waals surface area contributed by atoms with Gasteiger partial charge in [-0.15, -0.1) is 0 Å². The highest BCUT2D eigenvalue weighted by Crippen LogP contribution is 2.36. The number of nitrogens with one attached hydrogen (secondary N) is 1. The lowest BCUT2D eigenvalue weighted by Crippen LogP contribution is -2.52. The average molecular weight is 273 g/mol. The van der Waals surface area contributed by atoms with Crippen LogP contribution in [0.25, 0.3) is 0 Å². The number of hydrogen-bond donors (Lipinski definition) is 1. The van der Waals surface area contributed by atoms with Crippen molar-refractivity contribution in [3.05, 3.63) is 0 Å². The summed E-state index contributed by atoms with van der Waals surface area (Å²) in [5.74, 6) is 0. The van der Waals surface area contributed by atoms with E-state index < -0.39 is 0 Å². The molecule has 0 radical (unpaired) electrons. The van der Waals surface area contributed by atoms with Crippen molar-refractivity contribution in [1.82, 2.24) is 5.32 Å². The van der Waals surface area contributed by atoms with Gasteiger partial charge in [-0.3, -0.25) is 0 Å². The van der Waals surface area contributed by atoms with E-state index >= 15 is 0 Å². The van der Waals surface area contributed by atoms with Gasteiger partial charge in [0.1, 0.15) is 0 Å². The highest BCUT2D eigenvalue weighted by atomic mass is 16.5. The molecule has 0 saturated heterocycles. The van der Waals surface area contributed by atoms with E-state index in [2.05, 4.69) is 19.2 Å². The maximum absolute atomic E-state index is 6.05. The van der Waals surface area contributed by atoms with Crippen LogP contribution in [0.5, 0.6) is 0 Å². The molecule has 1 aliphatic carbocycles. The predicted molar refractivity (Wildman–Crippen MR) is 77.5 cm³/mol. The van der Waals surface area contributed by atoms with Crippen LogP contribution in [0.4, 0.5) is 0 Å². The van der Waals surface area contributed by atoms with Gasteiger partial charge in [-0.1, -0.05) is 20.3 Å². The minimum Gasteiger partial charge on any atom is -0.382 e. The van der Waals surface area contributed by atoms with Crippen molar-refractivity contribution >= 4 is 0 Å². The normalized spacial score (nSPS) is 26.5. The van der Waals surface area contributed by atoms with Crippen LogP contribution < -0.4 is 5.32 Å². The van der Waals surface area contributed by atoms with Gasteiger partial charge in [0.15, 0.2) is 0 Å². The molecule has 19 heavy (non-hydrogen) atoms. The summed E-state index contributed by atoms with van der Waals surface area (Å²) in [6.45, 7) is 7.54. The van der Waals surface area contributed by atoms with Crippen LogP contribution in [-0.2, 0) is 14.2 Å². The van der Waals surface area contributed by atoms with Gasteiger partial charge in [0.2, 0.25) is 0 Å². The zero-order chi connectivity index (χ0) is 14.1. The summed E-state index contributed by atoms with van der Waals surface area (Å²) in [5.41, 5.74) is 0.326. The van der Waals surface area contributed by atoms with Crippen LogP contribution in [0.3, 0.4) is 0 Å². The topological polar surface area (TPSA) is 39.7 Å². The van der Waals surface area contributed by atoms with Gasteiger partial charge in [0.25, 0.3) is 0 Å². The molecule has 0 amide bonds. The van der Waals surface area contributed by atoms with Crippen LogP contribution in [0.2, 0.25) is 0 Å². The Morgan fingerprint density at radius 1 is 1.16 bits per heavy atom. The first-order valence-corrected chi connectivity index (χ1v) is 7.47. The Morgan fingerprint density at radius 2 is 1.95 bits per heavy atom. The van der Waals surface area contributed by atoms with Crippen LogP contribution in [0.1, 0.15) is 39.5 Å². The molecule has 1 N–H and O–H groups in total. The van der Waals surface area contributed by atoms with Crippen molar-refractivity contribution in [2.24, 2.45) is 5.41 Å². The Bertz CT molecular complexity index is 233. The van der Waals surface area contributed by atoms with Crippen LogP contribution >= 0.6 is 0 Å². The van der Waals surface area contributed by atoms with Crippen molar-refractivity contribution in [3.8, 4) is 0 Å². The molecule has 0 aliphatic heterocycles. The van der Waals surface area contributed by atoms with Gasteiger partial charge in [-0.05, 0) is 31.7 Å². The fourth-order valence-corrected chi connectivity index (χ4v) is 2.98. The predicted octanol–water partition coefficient (Wildman–Crippen LogP) is 2.22. The van der Waals surface area contributed by atoms with E-state index in [1.54, 1.807) is 7.11 Å². The largest absolute Gasteiger partial charge is 0.382 e. The molecule has 4 heteroatoms. The molecule has 1 saturated carbocycles. The Labute approximate surface area is 118 Å². The highest BCUT2D eigenvalue weighted by Gasteiger charge is 2.38. The van der Waals surface area contributed by atoms with E-state index in [1.165, 1.54) is 19.3 Å². The summed E-state index contributed by atoms with van der Waals surface area (Å²) in [4.78, 5) is 0. The SMILES string of the molecule is CNC1C(OCCCOCCOC)CCCC1(C)C. The first-order valence-electron chi connectivity index (χ1n) is 7.47.